The second-order valence-electron chi connectivity index (χ2n) is 5.19. The molecule has 0 amide bonds. The van der Waals surface area contributed by atoms with Gasteiger partial charge < -0.3 is 14.5 Å². The summed E-state index contributed by atoms with van der Waals surface area (Å²) in [5.41, 5.74) is 1.77. The van der Waals surface area contributed by atoms with Crippen LogP contribution < -0.4 is 4.72 Å². The number of rotatable bonds is 5. The highest BCUT2D eigenvalue weighted by Gasteiger charge is 2.40. The third-order valence-electron chi connectivity index (χ3n) is 3.62. The predicted molar refractivity (Wildman–Crippen MR) is 80.7 cm³/mol. The highest BCUT2D eigenvalue weighted by atomic mass is 32.2. The summed E-state index contributed by atoms with van der Waals surface area (Å²) in [6, 6.07) is 8.50. The minimum absolute atomic E-state index is 0.0149. The van der Waals surface area contributed by atoms with Crippen LogP contribution in [0.3, 0.4) is 0 Å². The van der Waals surface area contributed by atoms with Gasteiger partial charge >= 0.3 is 0 Å². The summed E-state index contributed by atoms with van der Waals surface area (Å²) >= 11 is 0. The number of ether oxygens (including phenoxy) is 2. The first-order chi connectivity index (χ1) is 10.5. The van der Waals surface area contributed by atoms with E-state index in [1.165, 1.54) is 0 Å². The maximum absolute atomic E-state index is 12.4. The lowest BCUT2D eigenvalue weighted by atomic mass is 10.1. The van der Waals surface area contributed by atoms with Crippen LogP contribution in [0.2, 0.25) is 0 Å². The molecule has 7 heteroatoms. The molecular weight excluding hydrogens is 304 g/mol. The predicted octanol–water partition coefficient (Wildman–Crippen LogP) is 1.50. The molecule has 0 unspecified atom stereocenters. The van der Waals surface area contributed by atoms with Crippen molar-refractivity contribution in [3.05, 3.63) is 53.9 Å². The third-order valence-corrected chi connectivity index (χ3v) is 5.03. The van der Waals surface area contributed by atoms with Gasteiger partial charge in [0.2, 0.25) is 15.8 Å². The highest BCUT2D eigenvalue weighted by Crippen LogP contribution is 2.31. The molecular formula is C15H18N2O4S. The van der Waals surface area contributed by atoms with E-state index in [1.54, 1.807) is 36.7 Å². The Labute approximate surface area is 129 Å². The van der Waals surface area contributed by atoms with Crippen molar-refractivity contribution in [3.63, 3.8) is 0 Å². The first-order valence-corrected chi connectivity index (χ1v) is 8.48. The number of sulfonamides is 1. The molecule has 0 atom stereocenters. The summed E-state index contributed by atoms with van der Waals surface area (Å²) in [5, 5.41) is 0. The van der Waals surface area contributed by atoms with Crippen molar-refractivity contribution in [1.29, 1.82) is 0 Å². The van der Waals surface area contributed by atoms with Crippen LogP contribution in [0.15, 0.2) is 47.6 Å². The summed E-state index contributed by atoms with van der Waals surface area (Å²) in [7, 11) is -3.61. The number of benzene rings is 1. The van der Waals surface area contributed by atoms with E-state index in [4.69, 9.17) is 9.47 Å². The molecule has 118 valence electrons. The van der Waals surface area contributed by atoms with Crippen molar-refractivity contribution < 1.29 is 17.9 Å². The SMILES string of the molecule is Cc1ccc(S(=O)(=O)NCC2(c3cc[nH]c3)OCCO2)cc1. The molecule has 0 radical (unpaired) electrons. The molecule has 22 heavy (non-hydrogen) atoms. The van der Waals surface area contributed by atoms with Gasteiger partial charge in [0.05, 0.1) is 24.7 Å². The number of nitrogens with one attached hydrogen (secondary N) is 2. The van der Waals surface area contributed by atoms with Crippen LogP contribution in [0, 0.1) is 6.92 Å². The Kier molecular flexibility index (Phi) is 4.05. The lowest BCUT2D eigenvalue weighted by Crippen LogP contribution is -2.41. The van der Waals surface area contributed by atoms with Crippen molar-refractivity contribution in [2.24, 2.45) is 0 Å². The van der Waals surface area contributed by atoms with Gasteiger partial charge in [-0.05, 0) is 25.1 Å². The van der Waals surface area contributed by atoms with Gasteiger partial charge in [-0.25, -0.2) is 13.1 Å². The van der Waals surface area contributed by atoms with Gasteiger partial charge in [0.25, 0.3) is 0 Å². The topological polar surface area (TPSA) is 80.4 Å². The number of hydrogen-bond donors (Lipinski definition) is 2. The van der Waals surface area contributed by atoms with Crippen LogP contribution in [-0.2, 0) is 25.3 Å². The van der Waals surface area contributed by atoms with E-state index < -0.39 is 15.8 Å². The number of aryl methyl sites for hydroxylation is 1. The lowest BCUT2D eigenvalue weighted by molar-refractivity contribution is -0.159. The minimum Gasteiger partial charge on any atom is -0.367 e. The first-order valence-electron chi connectivity index (χ1n) is 6.99. The molecule has 2 heterocycles. The molecule has 0 spiro atoms. The highest BCUT2D eigenvalue weighted by molar-refractivity contribution is 7.89. The van der Waals surface area contributed by atoms with Gasteiger partial charge in [-0.1, -0.05) is 17.7 Å². The number of aromatic amines is 1. The molecule has 6 nitrogen and oxygen atoms in total. The Morgan fingerprint density at radius 1 is 1.18 bits per heavy atom. The van der Waals surface area contributed by atoms with Gasteiger partial charge in [-0.2, -0.15) is 0 Å². The van der Waals surface area contributed by atoms with E-state index in [0.29, 0.717) is 13.2 Å². The minimum atomic E-state index is -3.61. The Bertz CT molecular complexity index is 717. The Balaban J connectivity index is 1.79. The maximum Gasteiger partial charge on any atom is 0.240 e. The Morgan fingerprint density at radius 3 is 2.45 bits per heavy atom. The van der Waals surface area contributed by atoms with E-state index >= 15 is 0 Å². The number of H-pyrrole nitrogens is 1. The van der Waals surface area contributed by atoms with Gasteiger partial charge in [0, 0.05) is 18.0 Å². The monoisotopic (exact) mass is 322 g/mol. The molecule has 1 fully saturated rings. The van der Waals surface area contributed by atoms with Crippen LogP contribution in [0.5, 0.6) is 0 Å². The molecule has 1 saturated heterocycles. The van der Waals surface area contributed by atoms with E-state index in [9.17, 15) is 8.42 Å². The third kappa shape index (κ3) is 2.93. The normalized spacial score (nSPS) is 17.7. The zero-order valence-corrected chi connectivity index (χ0v) is 13.0. The maximum atomic E-state index is 12.4. The van der Waals surface area contributed by atoms with Gasteiger partial charge in [0.1, 0.15) is 0 Å². The molecule has 0 bridgehead atoms. The largest absolute Gasteiger partial charge is 0.367 e. The fourth-order valence-corrected chi connectivity index (χ4v) is 3.42. The standard InChI is InChI=1S/C15H18N2O4S/c1-12-2-4-14(5-3-12)22(18,19)17-11-15(20-8-9-21-15)13-6-7-16-10-13/h2-7,10,16-17H,8-9,11H2,1H3. The van der Waals surface area contributed by atoms with Crippen LogP contribution in [0.25, 0.3) is 0 Å². The van der Waals surface area contributed by atoms with Crippen LogP contribution in [0.1, 0.15) is 11.1 Å². The lowest BCUT2D eigenvalue weighted by Gasteiger charge is -2.26. The van der Waals surface area contributed by atoms with E-state index in [0.717, 1.165) is 11.1 Å². The smallest absolute Gasteiger partial charge is 0.240 e. The second kappa shape index (κ2) is 5.85. The summed E-state index contributed by atoms with van der Waals surface area (Å²) in [5.74, 6) is -1.07. The zero-order chi connectivity index (χ0) is 15.6. The van der Waals surface area contributed by atoms with Crippen molar-refractivity contribution in [2.45, 2.75) is 17.6 Å². The molecule has 0 aliphatic carbocycles. The zero-order valence-electron chi connectivity index (χ0n) is 12.2. The molecule has 1 aromatic carbocycles. The van der Waals surface area contributed by atoms with Crippen molar-refractivity contribution in [3.8, 4) is 0 Å². The van der Waals surface area contributed by atoms with Gasteiger partial charge in [0.15, 0.2) is 0 Å². The first kappa shape index (κ1) is 15.2. The molecule has 2 N–H and O–H groups in total. The van der Waals surface area contributed by atoms with Gasteiger partial charge in [-0.3, -0.25) is 0 Å². The molecule has 3 rings (SSSR count). The molecule has 1 aromatic heterocycles. The Hall–Kier alpha value is -1.67. The number of hydrogen-bond acceptors (Lipinski definition) is 4. The fourth-order valence-electron chi connectivity index (χ4n) is 2.38. The van der Waals surface area contributed by atoms with E-state index in [-0.39, 0.29) is 11.4 Å². The quantitative estimate of drug-likeness (QED) is 0.874. The molecule has 0 saturated carbocycles. The molecule has 2 aromatic rings. The second-order valence-corrected chi connectivity index (χ2v) is 6.95. The van der Waals surface area contributed by atoms with E-state index in [2.05, 4.69) is 9.71 Å². The van der Waals surface area contributed by atoms with Crippen LogP contribution in [0.4, 0.5) is 0 Å². The molecule has 1 aliphatic rings. The Morgan fingerprint density at radius 2 is 1.86 bits per heavy atom. The fraction of sp³-hybridized carbons (Fsp3) is 0.333. The average molecular weight is 322 g/mol. The van der Waals surface area contributed by atoms with Crippen molar-refractivity contribution in [1.82, 2.24) is 9.71 Å². The summed E-state index contributed by atoms with van der Waals surface area (Å²) in [6.07, 6.45) is 3.49. The molecule has 1 aliphatic heterocycles. The average Bonchev–Trinajstić information content (AvgIpc) is 3.18. The summed E-state index contributed by atoms with van der Waals surface area (Å²) in [6.45, 7) is 2.78. The van der Waals surface area contributed by atoms with Crippen LogP contribution in [-0.4, -0.2) is 33.2 Å². The van der Waals surface area contributed by atoms with Crippen molar-refractivity contribution >= 4 is 10.0 Å². The van der Waals surface area contributed by atoms with Gasteiger partial charge in [-0.15, -0.1) is 0 Å². The van der Waals surface area contributed by atoms with Crippen LogP contribution >= 0.6 is 0 Å². The van der Waals surface area contributed by atoms with Crippen molar-refractivity contribution in [2.75, 3.05) is 19.8 Å². The number of aromatic nitrogens is 1. The van der Waals surface area contributed by atoms with E-state index in [1.807, 2.05) is 13.0 Å². The summed E-state index contributed by atoms with van der Waals surface area (Å²) in [4.78, 5) is 3.15. The summed E-state index contributed by atoms with van der Waals surface area (Å²) < 4.78 is 38.7.